The van der Waals surface area contributed by atoms with Gasteiger partial charge < -0.3 is 10.0 Å². The Kier molecular flexibility index (Phi) is 4.58. The molecule has 104 valence electrons. The van der Waals surface area contributed by atoms with Crippen molar-refractivity contribution in [2.75, 3.05) is 13.6 Å². The molecule has 0 aromatic heterocycles. The van der Waals surface area contributed by atoms with Crippen molar-refractivity contribution < 1.29 is 14.3 Å². The molecule has 0 saturated heterocycles. The minimum Gasteiger partial charge on any atom is -0.393 e. The summed E-state index contributed by atoms with van der Waals surface area (Å²) < 4.78 is 14.3. The number of carbonyl (C=O) groups excluding carboxylic acids is 1. The van der Waals surface area contributed by atoms with Crippen LogP contribution in [0.5, 0.6) is 0 Å². The van der Waals surface area contributed by atoms with Gasteiger partial charge in [0.2, 0.25) is 0 Å². The number of aliphatic hydroxyl groups excluding tert-OH is 1. The van der Waals surface area contributed by atoms with Crippen molar-refractivity contribution in [3.63, 3.8) is 0 Å². The zero-order chi connectivity index (χ0) is 14.0. The second-order valence-electron chi connectivity index (χ2n) is 5.07. The summed E-state index contributed by atoms with van der Waals surface area (Å²) in [6.45, 7) is 0.468. The first kappa shape index (κ1) is 14.5. The summed E-state index contributed by atoms with van der Waals surface area (Å²) in [7, 11) is 1.65. The first-order chi connectivity index (χ1) is 8.99. The van der Waals surface area contributed by atoms with Crippen LogP contribution in [0.4, 0.5) is 4.39 Å². The summed E-state index contributed by atoms with van der Waals surface area (Å²) in [5, 5.41) is 9.76. The van der Waals surface area contributed by atoms with Crippen LogP contribution in [0.3, 0.4) is 0 Å². The van der Waals surface area contributed by atoms with Gasteiger partial charge in [0.1, 0.15) is 5.82 Å². The highest BCUT2D eigenvalue weighted by Crippen LogP contribution is 2.26. The van der Waals surface area contributed by atoms with Crippen LogP contribution in [0, 0.1) is 11.7 Å². The Morgan fingerprint density at radius 2 is 2.26 bits per heavy atom. The number of carbonyl (C=O) groups is 1. The Balaban J connectivity index is 2.06. The smallest absolute Gasteiger partial charge is 0.256 e. The molecule has 1 aliphatic carbocycles. The van der Waals surface area contributed by atoms with Crippen molar-refractivity contribution in [3.05, 3.63) is 34.1 Å². The molecule has 0 heterocycles. The van der Waals surface area contributed by atoms with Crippen LogP contribution in [0.25, 0.3) is 0 Å². The van der Waals surface area contributed by atoms with Crippen LogP contribution in [0.15, 0.2) is 22.7 Å². The first-order valence-electron chi connectivity index (χ1n) is 6.37. The fraction of sp³-hybridized carbons (Fsp3) is 0.500. The van der Waals surface area contributed by atoms with E-state index < -0.39 is 5.82 Å². The van der Waals surface area contributed by atoms with Gasteiger partial charge >= 0.3 is 0 Å². The molecule has 0 bridgehead atoms. The third-order valence-electron chi connectivity index (χ3n) is 3.64. The Bertz CT molecular complexity index is 481. The number of nitrogens with zero attached hydrogens (tertiary/aromatic N) is 1. The van der Waals surface area contributed by atoms with Crippen LogP contribution in [0.2, 0.25) is 0 Å². The van der Waals surface area contributed by atoms with Crippen LogP contribution in [-0.4, -0.2) is 35.6 Å². The average Bonchev–Trinajstić information content (AvgIpc) is 2.74. The Labute approximate surface area is 120 Å². The summed E-state index contributed by atoms with van der Waals surface area (Å²) in [4.78, 5) is 13.7. The summed E-state index contributed by atoms with van der Waals surface area (Å²) in [5.74, 6) is -0.769. The summed E-state index contributed by atoms with van der Waals surface area (Å²) in [6, 6.07) is 4.41. The molecule has 1 aromatic rings. The second-order valence-corrected chi connectivity index (χ2v) is 5.98. The quantitative estimate of drug-likeness (QED) is 0.926. The fourth-order valence-corrected chi connectivity index (χ4v) is 2.87. The molecule has 3 nitrogen and oxygen atoms in total. The standard InChI is InChI=1S/C14H17BrFNO2/c1-17(8-9-3-2-4-13(9)18)14(19)11-6-5-10(15)7-12(11)16/h5-7,9,13,18H,2-4,8H2,1H3. The zero-order valence-corrected chi connectivity index (χ0v) is 12.4. The van der Waals surface area contributed by atoms with E-state index in [1.165, 1.54) is 17.0 Å². The molecule has 1 fully saturated rings. The lowest BCUT2D eigenvalue weighted by atomic mass is 10.1. The van der Waals surface area contributed by atoms with Gasteiger partial charge in [0, 0.05) is 24.0 Å². The van der Waals surface area contributed by atoms with E-state index in [9.17, 15) is 14.3 Å². The van der Waals surface area contributed by atoms with Crippen molar-refractivity contribution >= 4 is 21.8 Å². The average molecular weight is 330 g/mol. The number of hydrogen-bond acceptors (Lipinski definition) is 2. The highest BCUT2D eigenvalue weighted by molar-refractivity contribution is 9.10. The van der Waals surface area contributed by atoms with Crippen molar-refractivity contribution in [3.8, 4) is 0 Å². The van der Waals surface area contributed by atoms with Gasteiger partial charge in [0.25, 0.3) is 5.91 Å². The Morgan fingerprint density at radius 3 is 2.84 bits per heavy atom. The molecule has 0 spiro atoms. The van der Waals surface area contributed by atoms with Crippen molar-refractivity contribution in [2.24, 2.45) is 5.92 Å². The van der Waals surface area contributed by atoms with E-state index in [1.807, 2.05) is 0 Å². The van der Waals surface area contributed by atoms with Gasteiger partial charge in [-0.2, -0.15) is 0 Å². The van der Waals surface area contributed by atoms with Gasteiger partial charge in [0.15, 0.2) is 0 Å². The van der Waals surface area contributed by atoms with Crippen molar-refractivity contribution in [2.45, 2.75) is 25.4 Å². The van der Waals surface area contributed by atoms with Crippen LogP contribution >= 0.6 is 15.9 Å². The third kappa shape index (κ3) is 3.34. The Hall–Kier alpha value is -0.940. The van der Waals surface area contributed by atoms with E-state index in [1.54, 1.807) is 13.1 Å². The predicted molar refractivity (Wildman–Crippen MR) is 74.4 cm³/mol. The van der Waals surface area contributed by atoms with Gasteiger partial charge in [-0.1, -0.05) is 22.4 Å². The largest absolute Gasteiger partial charge is 0.393 e. The van der Waals surface area contributed by atoms with Gasteiger partial charge in [0.05, 0.1) is 11.7 Å². The maximum Gasteiger partial charge on any atom is 0.256 e. The number of aliphatic hydroxyl groups is 1. The van der Waals surface area contributed by atoms with E-state index in [0.29, 0.717) is 11.0 Å². The van der Waals surface area contributed by atoms with Crippen LogP contribution < -0.4 is 0 Å². The molecule has 1 aliphatic rings. The monoisotopic (exact) mass is 329 g/mol. The van der Waals surface area contributed by atoms with E-state index in [2.05, 4.69) is 15.9 Å². The third-order valence-corrected chi connectivity index (χ3v) is 4.13. The minimum absolute atomic E-state index is 0.0678. The summed E-state index contributed by atoms with van der Waals surface area (Å²) in [5.41, 5.74) is 0.0678. The molecule has 1 amide bonds. The molecule has 0 aliphatic heterocycles. The normalized spacial score (nSPS) is 22.5. The molecule has 19 heavy (non-hydrogen) atoms. The Morgan fingerprint density at radius 1 is 1.53 bits per heavy atom. The second kappa shape index (κ2) is 6.01. The molecule has 2 atom stereocenters. The van der Waals surface area contributed by atoms with Gasteiger partial charge in [-0.15, -0.1) is 0 Å². The first-order valence-corrected chi connectivity index (χ1v) is 7.17. The van der Waals surface area contributed by atoms with Crippen molar-refractivity contribution in [1.29, 1.82) is 0 Å². The molecule has 1 saturated carbocycles. The number of hydrogen-bond donors (Lipinski definition) is 1. The van der Waals surface area contributed by atoms with Gasteiger partial charge in [-0.05, 0) is 31.0 Å². The van der Waals surface area contributed by atoms with Crippen molar-refractivity contribution in [1.82, 2.24) is 4.90 Å². The molecular weight excluding hydrogens is 313 g/mol. The number of halogens is 2. The lowest BCUT2D eigenvalue weighted by molar-refractivity contribution is 0.0689. The molecular formula is C14H17BrFNO2. The van der Waals surface area contributed by atoms with E-state index >= 15 is 0 Å². The summed E-state index contributed by atoms with van der Waals surface area (Å²) >= 11 is 3.16. The lowest BCUT2D eigenvalue weighted by Gasteiger charge is -2.23. The zero-order valence-electron chi connectivity index (χ0n) is 10.8. The molecule has 0 radical (unpaired) electrons. The summed E-state index contributed by atoms with van der Waals surface area (Å²) in [6.07, 6.45) is 2.35. The number of benzene rings is 1. The van der Waals surface area contributed by atoms with Crippen LogP contribution in [0.1, 0.15) is 29.6 Å². The van der Waals surface area contributed by atoms with E-state index in [4.69, 9.17) is 0 Å². The fourth-order valence-electron chi connectivity index (χ4n) is 2.53. The maximum atomic E-state index is 13.7. The predicted octanol–water partition coefficient (Wildman–Crippen LogP) is 2.82. The molecule has 1 N–H and O–H groups in total. The highest BCUT2D eigenvalue weighted by Gasteiger charge is 2.28. The van der Waals surface area contributed by atoms with Crippen LogP contribution in [-0.2, 0) is 0 Å². The van der Waals surface area contributed by atoms with E-state index in [-0.39, 0.29) is 23.5 Å². The number of rotatable bonds is 3. The minimum atomic E-state index is -0.529. The van der Waals surface area contributed by atoms with Gasteiger partial charge in [-0.3, -0.25) is 4.79 Å². The topological polar surface area (TPSA) is 40.5 Å². The molecule has 1 aromatic carbocycles. The maximum absolute atomic E-state index is 13.7. The lowest BCUT2D eigenvalue weighted by Crippen LogP contribution is -2.34. The molecule has 5 heteroatoms. The molecule has 2 unspecified atom stereocenters. The SMILES string of the molecule is CN(CC1CCCC1O)C(=O)c1ccc(Br)cc1F. The van der Waals surface area contributed by atoms with Gasteiger partial charge in [-0.25, -0.2) is 4.39 Å². The number of amides is 1. The van der Waals surface area contributed by atoms with E-state index in [0.717, 1.165) is 19.3 Å². The highest BCUT2D eigenvalue weighted by atomic mass is 79.9. The molecule has 2 rings (SSSR count).